The molecule has 2 rings (SSSR count). The number of nitrogens with one attached hydrogen (secondary N) is 1. The fraction of sp³-hybridized carbons (Fsp3) is 0.400. The highest BCUT2D eigenvalue weighted by atomic mass is 16.4. The number of aliphatic carboxylic acids is 1. The molecule has 2 N–H and O–H groups in total. The van der Waals surface area contributed by atoms with Crippen molar-refractivity contribution in [3.05, 3.63) is 35.3 Å². The zero-order valence-electron chi connectivity index (χ0n) is 12.6. The average molecular weight is 289 g/mol. The van der Waals surface area contributed by atoms with Crippen LogP contribution in [0.2, 0.25) is 0 Å². The first-order valence-electron chi connectivity index (χ1n) is 6.79. The molecule has 0 saturated heterocycles. The van der Waals surface area contributed by atoms with Crippen LogP contribution in [0, 0.1) is 6.92 Å². The molecule has 2 aromatic heterocycles. The number of carboxylic acids is 1. The number of carbonyl (C=O) groups is 2. The van der Waals surface area contributed by atoms with Crippen molar-refractivity contribution in [3.8, 4) is 0 Å². The number of aromatic nitrogens is 2. The van der Waals surface area contributed by atoms with Gasteiger partial charge in [0.2, 0.25) is 0 Å². The molecule has 0 atom stereocenters. The van der Waals surface area contributed by atoms with E-state index in [1.165, 1.54) is 13.8 Å². The van der Waals surface area contributed by atoms with Crippen LogP contribution in [0.5, 0.6) is 0 Å². The molecule has 6 heteroatoms. The van der Waals surface area contributed by atoms with E-state index < -0.39 is 17.4 Å². The third kappa shape index (κ3) is 2.74. The minimum Gasteiger partial charge on any atom is -0.480 e. The van der Waals surface area contributed by atoms with Crippen LogP contribution in [0.4, 0.5) is 0 Å². The van der Waals surface area contributed by atoms with E-state index in [0.29, 0.717) is 23.5 Å². The molecule has 0 saturated carbocycles. The minimum atomic E-state index is -1.34. The highest BCUT2D eigenvalue weighted by Gasteiger charge is 2.31. The maximum atomic E-state index is 12.5. The zero-order valence-corrected chi connectivity index (χ0v) is 12.6. The SMILES string of the molecule is CCc1nc2cc(C)ccn2c1C(=O)NC(C)(C)C(=O)O. The second-order valence-electron chi connectivity index (χ2n) is 5.58. The molecule has 2 aromatic rings. The van der Waals surface area contributed by atoms with E-state index in [1.807, 2.05) is 26.0 Å². The highest BCUT2D eigenvalue weighted by molar-refractivity contribution is 5.98. The Balaban J connectivity index is 2.50. The van der Waals surface area contributed by atoms with E-state index >= 15 is 0 Å². The average Bonchev–Trinajstić information content (AvgIpc) is 2.75. The van der Waals surface area contributed by atoms with Gasteiger partial charge in [0.15, 0.2) is 0 Å². The van der Waals surface area contributed by atoms with Crippen molar-refractivity contribution in [2.24, 2.45) is 0 Å². The van der Waals surface area contributed by atoms with E-state index in [0.717, 1.165) is 5.56 Å². The summed E-state index contributed by atoms with van der Waals surface area (Å²) in [5, 5.41) is 11.7. The first-order valence-corrected chi connectivity index (χ1v) is 6.79. The second kappa shape index (κ2) is 5.20. The lowest BCUT2D eigenvalue weighted by atomic mass is 10.1. The lowest BCUT2D eigenvalue weighted by Gasteiger charge is -2.21. The van der Waals surface area contributed by atoms with Crippen molar-refractivity contribution in [2.75, 3.05) is 0 Å². The van der Waals surface area contributed by atoms with Gasteiger partial charge in [0, 0.05) is 6.20 Å². The third-order valence-corrected chi connectivity index (χ3v) is 3.36. The lowest BCUT2D eigenvalue weighted by molar-refractivity contribution is -0.143. The summed E-state index contributed by atoms with van der Waals surface area (Å²) in [5.74, 6) is -1.52. The number of hydrogen-bond acceptors (Lipinski definition) is 3. The van der Waals surface area contributed by atoms with Gasteiger partial charge in [-0.2, -0.15) is 0 Å². The van der Waals surface area contributed by atoms with Crippen molar-refractivity contribution in [2.45, 2.75) is 39.7 Å². The summed E-state index contributed by atoms with van der Waals surface area (Å²) in [6, 6.07) is 3.77. The van der Waals surface area contributed by atoms with Crippen LogP contribution < -0.4 is 5.32 Å². The zero-order chi connectivity index (χ0) is 15.8. The maximum Gasteiger partial charge on any atom is 0.328 e. The number of fused-ring (bicyclic) bond motifs is 1. The maximum absolute atomic E-state index is 12.5. The number of pyridine rings is 1. The van der Waals surface area contributed by atoms with Gasteiger partial charge in [0.25, 0.3) is 5.91 Å². The Morgan fingerprint density at radius 1 is 1.43 bits per heavy atom. The highest BCUT2D eigenvalue weighted by Crippen LogP contribution is 2.16. The monoisotopic (exact) mass is 289 g/mol. The second-order valence-corrected chi connectivity index (χ2v) is 5.58. The summed E-state index contributed by atoms with van der Waals surface area (Å²) in [6.45, 7) is 6.76. The van der Waals surface area contributed by atoms with Crippen molar-refractivity contribution in [1.29, 1.82) is 0 Å². The molecule has 21 heavy (non-hydrogen) atoms. The Kier molecular flexibility index (Phi) is 3.72. The molecular weight excluding hydrogens is 270 g/mol. The Labute approximate surface area is 122 Å². The quantitative estimate of drug-likeness (QED) is 0.899. The number of nitrogens with zero attached hydrogens (tertiary/aromatic N) is 2. The molecule has 0 fully saturated rings. The molecule has 0 bridgehead atoms. The first kappa shape index (κ1) is 15.0. The predicted octanol–water partition coefficient (Wildman–Crippen LogP) is 1.80. The Hall–Kier alpha value is -2.37. The van der Waals surface area contributed by atoms with Gasteiger partial charge in [-0.1, -0.05) is 6.92 Å². The standard InChI is InChI=1S/C15H19N3O3/c1-5-10-12(13(19)17-15(3,4)14(20)21)18-7-6-9(2)8-11(18)16-10/h6-8H,5H2,1-4H3,(H,17,19)(H,20,21). The molecule has 0 aliphatic heterocycles. The van der Waals surface area contributed by atoms with Gasteiger partial charge >= 0.3 is 5.97 Å². The van der Waals surface area contributed by atoms with Gasteiger partial charge in [-0.25, -0.2) is 9.78 Å². The van der Waals surface area contributed by atoms with Crippen LogP contribution in [-0.4, -0.2) is 31.9 Å². The van der Waals surface area contributed by atoms with Gasteiger partial charge in [0.05, 0.1) is 5.69 Å². The molecule has 6 nitrogen and oxygen atoms in total. The summed E-state index contributed by atoms with van der Waals surface area (Å²) < 4.78 is 1.69. The normalized spacial score (nSPS) is 11.6. The van der Waals surface area contributed by atoms with Crippen molar-refractivity contribution in [1.82, 2.24) is 14.7 Å². The summed E-state index contributed by atoms with van der Waals surface area (Å²) in [7, 11) is 0. The lowest BCUT2D eigenvalue weighted by Crippen LogP contribution is -2.50. The van der Waals surface area contributed by atoms with Crippen molar-refractivity contribution in [3.63, 3.8) is 0 Å². The summed E-state index contributed by atoms with van der Waals surface area (Å²) in [4.78, 5) is 28.1. The van der Waals surface area contributed by atoms with Crippen LogP contribution in [0.1, 0.15) is 42.5 Å². The number of aryl methyl sites for hydroxylation is 2. The van der Waals surface area contributed by atoms with E-state index in [9.17, 15) is 9.59 Å². The number of amides is 1. The van der Waals surface area contributed by atoms with Gasteiger partial charge in [-0.15, -0.1) is 0 Å². The smallest absolute Gasteiger partial charge is 0.328 e. The molecule has 0 radical (unpaired) electrons. The summed E-state index contributed by atoms with van der Waals surface area (Å²) in [5.41, 5.74) is 1.44. The third-order valence-electron chi connectivity index (χ3n) is 3.36. The molecule has 0 aromatic carbocycles. The molecule has 0 aliphatic carbocycles. The minimum absolute atomic E-state index is 0.391. The van der Waals surface area contributed by atoms with Crippen LogP contribution >= 0.6 is 0 Å². The van der Waals surface area contributed by atoms with E-state index in [-0.39, 0.29) is 0 Å². The van der Waals surface area contributed by atoms with Gasteiger partial charge < -0.3 is 10.4 Å². The van der Waals surface area contributed by atoms with E-state index in [2.05, 4.69) is 10.3 Å². The number of carboxylic acid groups (broad SMARTS) is 1. The van der Waals surface area contributed by atoms with Gasteiger partial charge in [-0.05, 0) is 44.9 Å². The molecule has 112 valence electrons. The fourth-order valence-electron chi connectivity index (χ4n) is 2.08. The molecule has 0 aliphatic rings. The van der Waals surface area contributed by atoms with Crippen molar-refractivity contribution >= 4 is 17.5 Å². The Morgan fingerprint density at radius 3 is 2.67 bits per heavy atom. The number of carbonyl (C=O) groups excluding carboxylic acids is 1. The summed E-state index contributed by atoms with van der Waals surface area (Å²) >= 11 is 0. The number of rotatable bonds is 4. The molecule has 0 unspecified atom stereocenters. The number of imidazole rings is 1. The Bertz CT molecular complexity index is 716. The van der Waals surface area contributed by atoms with Crippen molar-refractivity contribution < 1.29 is 14.7 Å². The summed E-state index contributed by atoms with van der Waals surface area (Å²) in [6.07, 6.45) is 2.37. The van der Waals surface area contributed by atoms with Crippen LogP contribution in [-0.2, 0) is 11.2 Å². The molecule has 0 spiro atoms. The van der Waals surface area contributed by atoms with E-state index in [1.54, 1.807) is 10.6 Å². The first-order chi connectivity index (χ1) is 9.76. The largest absolute Gasteiger partial charge is 0.480 e. The van der Waals surface area contributed by atoms with E-state index in [4.69, 9.17) is 5.11 Å². The van der Waals surface area contributed by atoms with Gasteiger partial charge in [-0.3, -0.25) is 9.20 Å². The predicted molar refractivity (Wildman–Crippen MR) is 78.5 cm³/mol. The van der Waals surface area contributed by atoms with Crippen LogP contribution in [0.25, 0.3) is 5.65 Å². The van der Waals surface area contributed by atoms with Crippen LogP contribution in [0.3, 0.4) is 0 Å². The molecule has 1 amide bonds. The fourth-order valence-corrected chi connectivity index (χ4v) is 2.08. The Morgan fingerprint density at radius 2 is 2.10 bits per heavy atom. The molecule has 2 heterocycles. The van der Waals surface area contributed by atoms with Crippen LogP contribution in [0.15, 0.2) is 18.3 Å². The topological polar surface area (TPSA) is 83.7 Å². The molecular formula is C15H19N3O3. The number of hydrogen-bond donors (Lipinski definition) is 2. The van der Waals surface area contributed by atoms with Gasteiger partial charge in [0.1, 0.15) is 16.9 Å².